The summed E-state index contributed by atoms with van der Waals surface area (Å²) < 4.78 is 0. The number of nitrogens with zero attached hydrogens (tertiary/aromatic N) is 3. The van der Waals surface area contributed by atoms with Crippen LogP contribution in [0.3, 0.4) is 0 Å². The molecule has 0 aromatic carbocycles. The van der Waals surface area contributed by atoms with Crippen LogP contribution in [-0.2, 0) is 0 Å². The second kappa shape index (κ2) is 5.87. The van der Waals surface area contributed by atoms with Crippen LogP contribution in [0, 0.1) is 11.3 Å². The summed E-state index contributed by atoms with van der Waals surface area (Å²) in [6, 6.07) is 2.47. The molecule has 0 bridgehead atoms. The van der Waals surface area contributed by atoms with E-state index in [0.717, 1.165) is 11.1 Å². The summed E-state index contributed by atoms with van der Waals surface area (Å²) in [4.78, 5) is 8.18. The van der Waals surface area contributed by atoms with Crippen LogP contribution in [0.5, 0.6) is 0 Å². The predicted molar refractivity (Wildman–Crippen MR) is 69.9 cm³/mol. The highest BCUT2D eigenvalue weighted by Gasteiger charge is 2.24. The summed E-state index contributed by atoms with van der Waals surface area (Å²) in [5, 5.41) is 12.8. The van der Waals surface area contributed by atoms with E-state index in [9.17, 15) is 0 Å². The minimum absolute atomic E-state index is 0.362. The van der Waals surface area contributed by atoms with Gasteiger partial charge >= 0.3 is 0 Å². The molecule has 1 saturated carbocycles. The second-order valence-corrected chi connectivity index (χ2v) is 5.71. The Labute approximate surface area is 106 Å². The van der Waals surface area contributed by atoms with Crippen molar-refractivity contribution < 1.29 is 0 Å². The Morgan fingerprint density at radius 2 is 2.35 bits per heavy atom. The molecule has 1 heterocycles. The van der Waals surface area contributed by atoms with E-state index in [-0.39, 0.29) is 0 Å². The van der Waals surface area contributed by atoms with Gasteiger partial charge in [0.1, 0.15) is 11.9 Å². The van der Waals surface area contributed by atoms with Crippen LogP contribution in [0.4, 0.5) is 5.82 Å². The van der Waals surface area contributed by atoms with Crippen LogP contribution in [0.25, 0.3) is 0 Å². The smallest absolute Gasteiger partial charge is 0.158 e. The second-order valence-electron chi connectivity index (χ2n) is 4.13. The molecule has 0 aliphatic heterocycles. The number of aromatic nitrogens is 2. The lowest BCUT2D eigenvalue weighted by atomic mass is 10.2. The molecule has 2 atom stereocenters. The first-order valence-corrected chi connectivity index (χ1v) is 6.97. The SMILES string of the molecule is CCSC1CCC(Nc2cnc(C#N)cn2)C1. The lowest BCUT2D eigenvalue weighted by Crippen LogP contribution is -2.17. The molecule has 1 aromatic rings. The third-order valence-electron chi connectivity index (χ3n) is 2.91. The monoisotopic (exact) mass is 248 g/mol. The summed E-state index contributed by atoms with van der Waals surface area (Å²) in [7, 11) is 0. The summed E-state index contributed by atoms with van der Waals surface area (Å²) in [6.07, 6.45) is 6.81. The largest absolute Gasteiger partial charge is 0.366 e. The van der Waals surface area contributed by atoms with E-state index in [1.807, 2.05) is 17.8 Å². The Hall–Kier alpha value is -1.28. The minimum atomic E-state index is 0.362. The number of nitrogens with one attached hydrogen (secondary N) is 1. The highest BCUT2D eigenvalue weighted by atomic mass is 32.2. The first-order valence-electron chi connectivity index (χ1n) is 5.92. The van der Waals surface area contributed by atoms with Crippen LogP contribution in [-0.4, -0.2) is 27.0 Å². The Balaban J connectivity index is 1.87. The fourth-order valence-corrected chi connectivity index (χ4v) is 3.27. The molecule has 17 heavy (non-hydrogen) atoms. The van der Waals surface area contributed by atoms with Crippen LogP contribution in [0.15, 0.2) is 12.4 Å². The van der Waals surface area contributed by atoms with Gasteiger partial charge in [0.25, 0.3) is 0 Å². The topological polar surface area (TPSA) is 61.6 Å². The first kappa shape index (κ1) is 12.2. The molecular weight excluding hydrogens is 232 g/mol. The molecule has 1 aliphatic carbocycles. The molecule has 2 rings (SSSR count). The first-order chi connectivity index (χ1) is 8.31. The van der Waals surface area contributed by atoms with E-state index >= 15 is 0 Å². The van der Waals surface area contributed by atoms with Crippen LogP contribution in [0.2, 0.25) is 0 Å². The molecule has 0 radical (unpaired) electrons. The predicted octanol–water partition coefficient (Wildman–Crippen LogP) is 2.43. The molecule has 0 amide bonds. The van der Waals surface area contributed by atoms with Crippen LogP contribution in [0.1, 0.15) is 31.9 Å². The van der Waals surface area contributed by atoms with Gasteiger partial charge in [0.05, 0.1) is 12.4 Å². The molecule has 4 nitrogen and oxygen atoms in total. The molecule has 5 heteroatoms. The Morgan fingerprint density at radius 1 is 1.47 bits per heavy atom. The third-order valence-corrected chi connectivity index (χ3v) is 4.14. The van der Waals surface area contributed by atoms with E-state index in [1.54, 1.807) is 6.20 Å². The van der Waals surface area contributed by atoms with Crippen molar-refractivity contribution in [1.82, 2.24) is 9.97 Å². The number of hydrogen-bond acceptors (Lipinski definition) is 5. The number of nitriles is 1. The fraction of sp³-hybridized carbons (Fsp3) is 0.583. The fourth-order valence-electron chi connectivity index (χ4n) is 2.13. The van der Waals surface area contributed by atoms with Gasteiger partial charge in [-0.15, -0.1) is 0 Å². The Morgan fingerprint density at radius 3 is 3.00 bits per heavy atom. The minimum Gasteiger partial charge on any atom is -0.366 e. The van der Waals surface area contributed by atoms with Crippen molar-refractivity contribution in [2.24, 2.45) is 0 Å². The molecule has 1 N–H and O–H groups in total. The number of thioether (sulfide) groups is 1. The van der Waals surface area contributed by atoms with E-state index < -0.39 is 0 Å². The average Bonchev–Trinajstić information content (AvgIpc) is 2.78. The maximum Gasteiger partial charge on any atom is 0.158 e. The standard InChI is InChI=1S/C12H16N4S/c1-2-17-11-4-3-9(5-11)16-12-8-14-10(6-13)7-15-12/h7-9,11H,2-5H2,1H3,(H,15,16). The van der Waals surface area contributed by atoms with Gasteiger partial charge in [-0.05, 0) is 25.0 Å². The third kappa shape index (κ3) is 3.34. The van der Waals surface area contributed by atoms with Crippen molar-refractivity contribution in [2.75, 3.05) is 11.1 Å². The molecule has 0 spiro atoms. The van der Waals surface area contributed by atoms with Crippen LogP contribution < -0.4 is 5.32 Å². The van der Waals surface area contributed by atoms with Gasteiger partial charge in [-0.3, -0.25) is 0 Å². The van der Waals surface area contributed by atoms with Gasteiger partial charge in [0.15, 0.2) is 5.69 Å². The van der Waals surface area contributed by atoms with Crippen molar-refractivity contribution >= 4 is 17.6 Å². The highest BCUT2D eigenvalue weighted by Crippen LogP contribution is 2.31. The van der Waals surface area contributed by atoms with Crippen LogP contribution >= 0.6 is 11.8 Å². The average molecular weight is 248 g/mol. The normalized spacial score (nSPS) is 23.3. The molecule has 1 aromatic heterocycles. The molecular formula is C12H16N4S. The van der Waals surface area contributed by atoms with Gasteiger partial charge in [-0.1, -0.05) is 6.92 Å². The van der Waals surface area contributed by atoms with Crippen molar-refractivity contribution in [1.29, 1.82) is 5.26 Å². The molecule has 0 saturated heterocycles. The zero-order valence-electron chi connectivity index (χ0n) is 9.89. The molecule has 2 unspecified atom stereocenters. The quantitative estimate of drug-likeness (QED) is 0.886. The highest BCUT2D eigenvalue weighted by molar-refractivity contribution is 7.99. The van der Waals surface area contributed by atoms with Crippen molar-refractivity contribution in [3.05, 3.63) is 18.1 Å². The molecule has 1 fully saturated rings. The van der Waals surface area contributed by atoms with E-state index in [0.29, 0.717) is 11.7 Å². The van der Waals surface area contributed by atoms with E-state index in [2.05, 4.69) is 22.2 Å². The van der Waals surface area contributed by atoms with E-state index in [1.165, 1.54) is 31.2 Å². The Bertz CT molecular complexity index is 398. The molecule has 1 aliphatic rings. The van der Waals surface area contributed by atoms with Gasteiger partial charge in [-0.25, -0.2) is 9.97 Å². The van der Waals surface area contributed by atoms with Gasteiger partial charge in [0.2, 0.25) is 0 Å². The van der Waals surface area contributed by atoms with E-state index in [4.69, 9.17) is 5.26 Å². The summed E-state index contributed by atoms with van der Waals surface area (Å²) in [5.74, 6) is 1.96. The Kier molecular flexibility index (Phi) is 4.21. The maximum atomic E-state index is 8.63. The number of hydrogen-bond donors (Lipinski definition) is 1. The lowest BCUT2D eigenvalue weighted by Gasteiger charge is -2.13. The van der Waals surface area contributed by atoms with Crippen molar-refractivity contribution in [3.63, 3.8) is 0 Å². The van der Waals surface area contributed by atoms with Crippen molar-refractivity contribution in [2.45, 2.75) is 37.5 Å². The maximum absolute atomic E-state index is 8.63. The number of rotatable bonds is 4. The summed E-state index contributed by atoms with van der Waals surface area (Å²) in [5.41, 5.74) is 0.362. The van der Waals surface area contributed by atoms with Gasteiger partial charge < -0.3 is 5.32 Å². The summed E-state index contributed by atoms with van der Waals surface area (Å²) in [6.45, 7) is 2.21. The van der Waals surface area contributed by atoms with Gasteiger partial charge in [-0.2, -0.15) is 17.0 Å². The zero-order valence-corrected chi connectivity index (χ0v) is 10.7. The van der Waals surface area contributed by atoms with Gasteiger partial charge in [0, 0.05) is 11.3 Å². The lowest BCUT2D eigenvalue weighted by molar-refractivity contribution is 0.750. The van der Waals surface area contributed by atoms with Crippen molar-refractivity contribution in [3.8, 4) is 6.07 Å². The molecule has 90 valence electrons. The summed E-state index contributed by atoms with van der Waals surface area (Å²) >= 11 is 2.04. The number of anilines is 1. The zero-order chi connectivity index (χ0) is 12.1.